The van der Waals surface area contributed by atoms with E-state index in [-0.39, 0.29) is 0 Å². The Morgan fingerprint density at radius 2 is 2.00 bits per heavy atom. The standard InChI is InChI=1S/C11H18O/c1-5-10-6-9(8-12-10)7-11(2,3)4/h6,8H,5,7H2,1-4H3. The molecule has 0 N–H and O–H groups in total. The van der Waals surface area contributed by atoms with Crippen LogP contribution in [0, 0.1) is 5.41 Å². The Balaban J connectivity index is 2.64. The first kappa shape index (κ1) is 9.37. The Kier molecular flexibility index (Phi) is 2.61. The highest BCUT2D eigenvalue weighted by Crippen LogP contribution is 2.21. The Labute approximate surface area is 74.8 Å². The highest BCUT2D eigenvalue weighted by Gasteiger charge is 2.12. The third-order valence-electron chi connectivity index (χ3n) is 1.79. The maximum absolute atomic E-state index is 5.36. The predicted octanol–water partition coefficient (Wildman–Crippen LogP) is 3.43. The lowest BCUT2D eigenvalue weighted by atomic mass is 9.89. The number of rotatable bonds is 2. The van der Waals surface area contributed by atoms with Crippen LogP contribution >= 0.6 is 0 Å². The highest BCUT2D eigenvalue weighted by molar-refractivity contribution is 5.14. The molecule has 0 saturated heterocycles. The summed E-state index contributed by atoms with van der Waals surface area (Å²) in [5.41, 5.74) is 1.67. The molecule has 0 aromatic carbocycles. The highest BCUT2D eigenvalue weighted by atomic mass is 16.3. The summed E-state index contributed by atoms with van der Waals surface area (Å²) >= 11 is 0. The van der Waals surface area contributed by atoms with Crippen LogP contribution in [0.4, 0.5) is 0 Å². The molecule has 1 rings (SSSR count). The molecule has 0 saturated carbocycles. The average Bonchev–Trinajstić information content (AvgIpc) is 2.32. The topological polar surface area (TPSA) is 13.1 Å². The Bertz CT molecular complexity index is 240. The first-order valence-electron chi connectivity index (χ1n) is 4.57. The van der Waals surface area contributed by atoms with Crippen molar-refractivity contribution in [3.63, 3.8) is 0 Å². The second-order valence-corrected chi connectivity index (χ2v) is 4.51. The molecule has 1 heterocycles. The maximum atomic E-state index is 5.36. The van der Waals surface area contributed by atoms with Crippen molar-refractivity contribution in [1.29, 1.82) is 0 Å². The normalized spacial score (nSPS) is 12.0. The number of hydrogen-bond donors (Lipinski definition) is 0. The van der Waals surface area contributed by atoms with Gasteiger partial charge in [-0.05, 0) is 23.5 Å². The monoisotopic (exact) mass is 166 g/mol. The van der Waals surface area contributed by atoms with Gasteiger partial charge in [0.15, 0.2) is 0 Å². The first-order chi connectivity index (χ1) is 5.51. The second kappa shape index (κ2) is 3.34. The van der Waals surface area contributed by atoms with Crippen molar-refractivity contribution < 1.29 is 4.42 Å². The fourth-order valence-electron chi connectivity index (χ4n) is 1.32. The van der Waals surface area contributed by atoms with Crippen LogP contribution in [0.5, 0.6) is 0 Å². The maximum Gasteiger partial charge on any atom is 0.103 e. The molecule has 0 aliphatic carbocycles. The predicted molar refractivity (Wildman–Crippen MR) is 51.2 cm³/mol. The van der Waals surface area contributed by atoms with Gasteiger partial charge in [0.05, 0.1) is 6.26 Å². The average molecular weight is 166 g/mol. The fraction of sp³-hybridized carbons (Fsp3) is 0.636. The molecule has 0 amide bonds. The molecule has 0 aliphatic heterocycles. The number of hydrogen-bond acceptors (Lipinski definition) is 1. The smallest absolute Gasteiger partial charge is 0.103 e. The minimum atomic E-state index is 0.356. The van der Waals surface area contributed by atoms with Crippen LogP contribution in [-0.2, 0) is 12.8 Å². The molecule has 0 bridgehead atoms. The van der Waals surface area contributed by atoms with Gasteiger partial charge in [-0.25, -0.2) is 0 Å². The van der Waals surface area contributed by atoms with Gasteiger partial charge in [0.1, 0.15) is 5.76 Å². The summed E-state index contributed by atoms with van der Waals surface area (Å²) in [7, 11) is 0. The van der Waals surface area contributed by atoms with Crippen LogP contribution in [0.25, 0.3) is 0 Å². The van der Waals surface area contributed by atoms with Crippen molar-refractivity contribution in [3.05, 3.63) is 23.7 Å². The summed E-state index contributed by atoms with van der Waals surface area (Å²) in [5, 5.41) is 0. The Morgan fingerprint density at radius 3 is 2.42 bits per heavy atom. The van der Waals surface area contributed by atoms with Crippen molar-refractivity contribution in [2.24, 2.45) is 5.41 Å². The molecule has 1 nitrogen and oxygen atoms in total. The largest absolute Gasteiger partial charge is 0.469 e. The molecule has 0 fully saturated rings. The molecular weight excluding hydrogens is 148 g/mol. The third kappa shape index (κ3) is 2.72. The molecule has 1 aromatic heterocycles. The van der Waals surface area contributed by atoms with Gasteiger partial charge in [-0.15, -0.1) is 0 Å². The van der Waals surface area contributed by atoms with E-state index in [1.54, 1.807) is 0 Å². The van der Waals surface area contributed by atoms with E-state index in [9.17, 15) is 0 Å². The summed E-state index contributed by atoms with van der Waals surface area (Å²) in [6.45, 7) is 8.84. The van der Waals surface area contributed by atoms with Crippen molar-refractivity contribution in [1.82, 2.24) is 0 Å². The second-order valence-electron chi connectivity index (χ2n) is 4.51. The van der Waals surface area contributed by atoms with Gasteiger partial charge in [-0.3, -0.25) is 0 Å². The van der Waals surface area contributed by atoms with Crippen molar-refractivity contribution in [3.8, 4) is 0 Å². The van der Waals surface area contributed by atoms with Crippen LogP contribution in [0.15, 0.2) is 16.7 Å². The van der Waals surface area contributed by atoms with Gasteiger partial charge in [0.2, 0.25) is 0 Å². The molecule has 0 unspecified atom stereocenters. The third-order valence-corrected chi connectivity index (χ3v) is 1.79. The van der Waals surface area contributed by atoms with Gasteiger partial charge >= 0.3 is 0 Å². The van der Waals surface area contributed by atoms with E-state index in [0.29, 0.717) is 5.41 Å². The van der Waals surface area contributed by atoms with Crippen LogP contribution < -0.4 is 0 Å². The first-order valence-corrected chi connectivity index (χ1v) is 4.57. The van der Waals surface area contributed by atoms with Gasteiger partial charge in [0, 0.05) is 6.42 Å². The van der Waals surface area contributed by atoms with Crippen molar-refractivity contribution >= 4 is 0 Å². The molecule has 0 aliphatic rings. The molecule has 68 valence electrons. The minimum Gasteiger partial charge on any atom is -0.469 e. The zero-order valence-corrected chi connectivity index (χ0v) is 8.48. The zero-order valence-electron chi connectivity index (χ0n) is 8.48. The fourth-order valence-corrected chi connectivity index (χ4v) is 1.32. The van der Waals surface area contributed by atoms with Crippen molar-refractivity contribution in [2.75, 3.05) is 0 Å². The van der Waals surface area contributed by atoms with E-state index in [0.717, 1.165) is 18.6 Å². The molecule has 0 radical (unpaired) electrons. The summed E-state index contributed by atoms with van der Waals surface area (Å²) < 4.78 is 5.36. The Hall–Kier alpha value is -0.720. The van der Waals surface area contributed by atoms with E-state index in [4.69, 9.17) is 4.42 Å². The lowest BCUT2D eigenvalue weighted by molar-refractivity contribution is 0.408. The van der Waals surface area contributed by atoms with E-state index in [1.807, 2.05) is 6.26 Å². The zero-order chi connectivity index (χ0) is 9.19. The van der Waals surface area contributed by atoms with Gasteiger partial charge in [-0.1, -0.05) is 27.7 Å². The Morgan fingerprint density at radius 1 is 1.33 bits per heavy atom. The molecular formula is C11H18O. The van der Waals surface area contributed by atoms with Crippen LogP contribution in [0.2, 0.25) is 0 Å². The molecule has 0 spiro atoms. The van der Waals surface area contributed by atoms with E-state index < -0.39 is 0 Å². The number of aryl methyl sites for hydroxylation is 1. The van der Waals surface area contributed by atoms with Crippen LogP contribution in [0.1, 0.15) is 39.0 Å². The molecule has 12 heavy (non-hydrogen) atoms. The quantitative estimate of drug-likeness (QED) is 0.656. The summed E-state index contributed by atoms with van der Waals surface area (Å²) in [4.78, 5) is 0. The lowest BCUT2D eigenvalue weighted by Gasteiger charge is -2.15. The van der Waals surface area contributed by atoms with E-state index in [1.165, 1.54) is 5.56 Å². The summed E-state index contributed by atoms with van der Waals surface area (Å²) in [5.74, 6) is 1.09. The lowest BCUT2D eigenvalue weighted by Crippen LogP contribution is -2.08. The summed E-state index contributed by atoms with van der Waals surface area (Å²) in [6.07, 6.45) is 3.96. The van der Waals surface area contributed by atoms with Gasteiger partial charge in [0.25, 0.3) is 0 Å². The van der Waals surface area contributed by atoms with E-state index >= 15 is 0 Å². The van der Waals surface area contributed by atoms with E-state index in [2.05, 4.69) is 33.8 Å². The van der Waals surface area contributed by atoms with Crippen LogP contribution in [0.3, 0.4) is 0 Å². The van der Waals surface area contributed by atoms with Crippen molar-refractivity contribution in [2.45, 2.75) is 40.5 Å². The van der Waals surface area contributed by atoms with Gasteiger partial charge in [-0.2, -0.15) is 0 Å². The minimum absolute atomic E-state index is 0.356. The molecule has 0 atom stereocenters. The summed E-state index contributed by atoms with van der Waals surface area (Å²) in [6, 6.07) is 2.16. The molecule has 1 heteroatoms. The van der Waals surface area contributed by atoms with Gasteiger partial charge < -0.3 is 4.42 Å². The SMILES string of the molecule is CCc1cc(CC(C)(C)C)co1. The number of furan rings is 1. The van der Waals surface area contributed by atoms with Crippen LogP contribution in [-0.4, -0.2) is 0 Å². The molecule has 1 aromatic rings.